The number of likely N-dealkylation sites (tertiary alicyclic amines) is 1. The van der Waals surface area contributed by atoms with Crippen LogP contribution in [-0.2, 0) is 0 Å². The summed E-state index contributed by atoms with van der Waals surface area (Å²) in [5.74, 6) is 0. The highest BCUT2D eigenvalue weighted by Gasteiger charge is 2.36. The number of nitrogens with zero attached hydrogens (tertiary/aromatic N) is 1. The molecule has 82 valence electrons. The molecule has 0 N–H and O–H groups in total. The highest BCUT2D eigenvalue weighted by Crippen LogP contribution is 2.44. The lowest BCUT2D eigenvalue weighted by Crippen LogP contribution is -2.42. The van der Waals surface area contributed by atoms with Crippen molar-refractivity contribution >= 4 is 0 Å². The van der Waals surface area contributed by atoms with Crippen molar-refractivity contribution in [3.63, 3.8) is 0 Å². The van der Waals surface area contributed by atoms with Crippen molar-refractivity contribution < 1.29 is 0 Å². The molecular formula is C13H25N. The molecule has 2 aliphatic rings. The van der Waals surface area contributed by atoms with E-state index in [9.17, 15) is 0 Å². The zero-order valence-corrected chi connectivity index (χ0v) is 9.73. The van der Waals surface area contributed by atoms with Gasteiger partial charge in [-0.05, 0) is 50.6 Å². The maximum absolute atomic E-state index is 2.75. The van der Waals surface area contributed by atoms with Gasteiger partial charge in [-0.25, -0.2) is 0 Å². The molecule has 1 aliphatic heterocycles. The molecule has 0 aromatic heterocycles. The van der Waals surface area contributed by atoms with Crippen LogP contribution in [0.25, 0.3) is 0 Å². The molecule has 0 atom stereocenters. The van der Waals surface area contributed by atoms with Gasteiger partial charge in [-0.1, -0.05) is 26.2 Å². The summed E-state index contributed by atoms with van der Waals surface area (Å²) in [5, 5.41) is 0. The fourth-order valence-electron chi connectivity index (χ4n) is 3.07. The topological polar surface area (TPSA) is 3.24 Å². The van der Waals surface area contributed by atoms with Crippen LogP contribution < -0.4 is 0 Å². The number of hydrogen-bond acceptors (Lipinski definition) is 1. The van der Waals surface area contributed by atoms with E-state index < -0.39 is 0 Å². The zero-order chi connectivity index (χ0) is 9.86. The second kappa shape index (κ2) is 4.65. The van der Waals surface area contributed by atoms with Crippen molar-refractivity contribution in [1.29, 1.82) is 0 Å². The monoisotopic (exact) mass is 195 g/mol. The Bertz CT molecular complexity index is 159. The zero-order valence-electron chi connectivity index (χ0n) is 9.73. The minimum Gasteiger partial charge on any atom is -0.303 e. The Hall–Kier alpha value is -0.0400. The molecule has 1 heteroatoms. The Morgan fingerprint density at radius 2 is 1.57 bits per heavy atom. The summed E-state index contributed by atoms with van der Waals surface area (Å²) in [6, 6.07) is 0. The lowest BCUT2D eigenvalue weighted by Gasteiger charge is -2.44. The van der Waals surface area contributed by atoms with E-state index in [0.717, 1.165) is 5.41 Å². The first kappa shape index (κ1) is 10.5. The molecule has 0 unspecified atom stereocenters. The fourth-order valence-corrected chi connectivity index (χ4v) is 3.07. The van der Waals surface area contributed by atoms with Crippen LogP contribution in [0.3, 0.4) is 0 Å². The third-order valence-electron chi connectivity index (χ3n) is 4.42. The quantitative estimate of drug-likeness (QED) is 0.667. The first-order chi connectivity index (χ1) is 6.85. The van der Waals surface area contributed by atoms with Gasteiger partial charge in [0.25, 0.3) is 0 Å². The van der Waals surface area contributed by atoms with Crippen LogP contribution in [0.2, 0.25) is 0 Å². The van der Waals surface area contributed by atoms with E-state index in [-0.39, 0.29) is 0 Å². The third kappa shape index (κ3) is 2.31. The molecule has 0 bridgehead atoms. The number of hydrogen-bond donors (Lipinski definition) is 0. The van der Waals surface area contributed by atoms with Crippen LogP contribution in [0.1, 0.15) is 58.3 Å². The molecule has 0 amide bonds. The summed E-state index contributed by atoms with van der Waals surface area (Å²) >= 11 is 0. The highest BCUT2D eigenvalue weighted by atomic mass is 15.1. The average Bonchev–Trinajstić information content (AvgIpc) is 2.39. The SMILES string of the molecule is CCC1(CN2CCCCCC2)CCC1. The van der Waals surface area contributed by atoms with Gasteiger partial charge in [-0.3, -0.25) is 0 Å². The summed E-state index contributed by atoms with van der Waals surface area (Å²) in [6.07, 6.45) is 11.7. The summed E-state index contributed by atoms with van der Waals surface area (Å²) in [6.45, 7) is 6.55. The Morgan fingerprint density at radius 1 is 0.929 bits per heavy atom. The number of rotatable bonds is 3. The Labute approximate surface area is 88.9 Å². The van der Waals surface area contributed by atoms with Crippen LogP contribution in [0.15, 0.2) is 0 Å². The van der Waals surface area contributed by atoms with Gasteiger partial charge >= 0.3 is 0 Å². The van der Waals surface area contributed by atoms with Crippen molar-refractivity contribution in [2.75, 3.05) is 19.6 Å². The molecule has 0 radical (unpaired) electrons. The largest absolute Gasteiger partial charge is 0.303 e. The standard InChI is InChI=1S/C13H25N/c1-2-13(8-7-9-13)12-14-10-5-3-4-6-11-14/h2-12H2,1H3. The van der Waals surface area contributed by atoms with E-state index in [1.165, 1.54) is 71.0 Å². The van der Waals surface area contributed by atoms with Crippen LogP contribution in [0.4, 0.5) is 0 Å². The molecule has 0 spiro atoms. The molecule has 1 saturated heterocycles. The van der Waals surface area contributed by atoms with E-state index >= 15 is 0 Å². The maximum Gasteiger partial charge on any atom is 0.00379 e. The summed E-state index contributed by atoms with van der Waals surface area (Å²) < 4.78 is 0. The van der Waals surface area contributed by atoms with E-state index in [4.69, 9.17) is 0 Å². The molecule has 1 saturated carbocycles. The van der Waals surface area contributed by atoms with Crippen LogP contribution in [0, 0.1) is 5.41 Å². The van der Waals surface area contributed by atoms with E-state index in [0.29, 0.717) is 0 Å². The predicted molar refractivity (Wildman–Crippen MR) is 61.5 cm³/mol. The normalized spacial score (nSPS) is 28.1. The highest BCUT2D eigenvalue weighted by molar-refractivity contribution is 4.89. The lowest BCUT2D eigenvalue weighted by atomic mass is 9.66. The van der Waals surface area contributed by atoms with Gasteiger partial charge in [0, 0.05) is 6.54 Å². The molecule has 1 nitrogen and oxygen atoms in total. The molecular weight excluding hydrogens is 170 g/mol. The van der Waals surface area contributed by atoms with Crippen molar-refractivity contribution in [1.82, 2.24) is 4.90 Å². The van der Waals surface area contributed by atoms with Crippen molar-refractivity contribution in [2.45, 2.75) is 58.3 Å². The molecule has 14 heavy (non-hydrogen) atoms. The Kier molecular flexibility index (Phi) is 3.48. The van der Waals surface area contributed by atoms with Gasteiger partial charge in [-0.2, -0.15) is 0 Å². The first-order valence-electron chi connectivity index (χ1n) is 6.57. The molecule has 1 aliphatic carbocycles. The molecule has 1 heterocycles. The Morgan fingerprint density at radius 3 is 2.00 bits per heavy atom. The maximum atomic E-state index is 2.75. The van der Waals surface area contributed by atoms with Crippen LogP contribution in [-0.4, -0.2) is 24.5 Å². The van der Waals surface area contributed by atoms with E-state index in [1.807, 2.05) is 0 Å². The second-order valence-electron chi connectivity index (χ2n) is 5.40. The van der Waals surface area contributed by atoms with Gasteiger partial charge in [-0.15, -0.1) is 0 Å². The van der Waals surface area contributed by atoms with Crippen LogP contribution >= 0.6 is 0 Å². The summed E-state index contributed by atoms with van der Waals surface area (Å²) in [4.78, 5) is 2.75. The second-order valence-corrected chi connectivity index (χ2v) is 5.40. The predicted octanol–water partition coefficient (Wildman–Crippen LogP) is 3.44. The first-order valence-corrected chi connectivity index (χ1v) is 6.57. The molecule has 2 fully saturated rings. The van der Waals surface area contributed by atoms with Crippen molar-refractivity contribution in [3.05, 3.63) is 0 Å². The molecule has 0 aromatic rings. The molecule has 2 rings (SSSR count). The minimum absolute atomic E-state index is 0.740. The third-order valence-corrected chi connectivity index (χ3v) is 4.42. The van der Waals surface area contributed by atoms with Crippen LogP contribution in [0.5, 0.6) is 0 Å². The van der Waals surface area contributed by atoms with Gasteiger partial charge in [0.15, 0.2) is 0 Å². The van der Waals surface area contributed by atoms with Gasteiger partial charge < -0.3 is 4.90 Å². The fraction of sp³-hybridized carbons (Fsp3) is 1.00. The molecule has 0 aromatic carbocycles. The minimum atomic E-state index is 0.740. The average molecular weight is 195 g/mol. The van der Waals surface area contributed by atoms with Gasteiger partial charge in [0.2, 0.25) is 0 Å². The Balaban J connectivity index is 1.82. The summed E-state index contributed by atoms with van der Waals surface area (Å²) in [7, 11) is 0. The van der Waals surface area contributed by atoms with Gasteiger partial charge in [0.05, 0.1) is 0 Å². The smallest absolute Gasteiger partial charge is 0.00379 e. The van der Waals surface area contributed by atoms with E-state index in [1.54, 1.807) is 0 Å². The van der Waals surface area contributed by atoms with Crippen molar-refractivity contribution in [2.24, 2.45) is 5.41 Å². The van der Waals surface area contributed by atoms with E-state index in [2.05, 4.69) is 11.8 Å². The lowest BCUT2D eigenvalue weighted by molar-refractivity contribution is 0.0638. The summed E-state index contributed by atoms with van der Waals surface area (Å²) in [5.41, 5.74) is 0.740. The van der Waals surface area contributed by atoms with Crippen molar-refractivity contribution in [3.8, 4) is 0 Å². The van der Waals surface area contributed by atoms with Gasteiger partial charge in [0.1, 0.15) is 0 Å².